The third kappa shape index (κ3) is 5.13. The van der Waals surface area contributed by atoms with Gasteiger partial charge in [0.15, 0.2) is 10.8 Å². The van der Waals surface area contributed by atoms with Crippen LogP contribution in [0.15, 0.2) is 24.5 Å². The topological polar surface area (TPSA) is 129 Å². The van der Waals surface area contributed by atoms with E-state index in [2.05, 4.69) is 25.6 Å². The molecule has 4 N–H and O–H groups in total. The second-order valence-corrected chi connectivity index (χ2v) is 7.35. The first-order valence-electron chi connectivity index (χ1n) is 8.79. The van der Waals surface area contributed by atoms with Crippen molar-refractivity contribution >= 4 is 39.1 Å². The van der Waals surface area contributed by atoms with E-state index < -0.39 is 24.4 Å². The number of halogens is 1. The number of nitrogens with one attached hydrogen (secondary N) is 2. The Hall–Kier alpha value is -2.89. The molecule has 1 atom stereocenters. The summed E-state index contributed by atoms with van der Waals surface area (Å²) in [5, 5.41) is 23.9. The van der Waals surface area contributed by atoms with Gasteiger partial charge in [-0.1, -0.05) is 11.3 Å². The van der Waals surface area contributed by atoms with E-state index >= 15 is 0 Å². The molecule has 0 saturated carbocycles. The maximum atomic E-state index is 13.6. The molecule has 2 aromatic heterocycles. The number of carbonyl (C=O) groups excluding carboxylic acids is 1. The molecule has 9 nitrogen and oxygen atoms in total. The molecule has 1 aromatic carbocycles. The first-order chi connectivity index (χ1) is 13.9. The molecule has 11 heteroatoms. The largest absolute Gasteiger partial charge is 0.489 e. The van der Waals surface area contributed by atoms with Gasteiger partial charge in [-0.05, 0) is 26.0 Å². The predicted molar refractivity (Wildman–Crippen MR) is 106 cm³/mol. The fourth-order valence-electron chi connectivity index (χ4n) is 2.37. The SMILES string of the molecule is CC(C)Oc1cc(F)ccc1Nc1ncnc2sc(C(=O)NCC(O)CO)nc12. The Balaban J connectivity index is 1.88. The highest BCUT2D eigenvalue weighted by molar-refractivity contribution is 7.19. The molecule has 0 spiro atoms. The summed E-state index contributed by atoms with van der Waals surface area (Å²) in [5.74, 6) is -0.285. The number of rotatable bonds is 8. The van der Waals surface area contributed by atoms with Crippen LogP contribution in [0, 0.1) is 5.82 Å². The summed E-state index contributed by atoms with van der Waals surface area (Å²) in [5.41, 5.74) is 0.857. The van der Waals surface area contributed by atoms with Crippen LogP contribution in [0.4, 0.5) is 15.9 Å². The van der Waals surface area contributed by atoms with E-state index in [4.69, 9.17) is 9.84 Å². The van der Waals surface area contributed by atoms with E-state index in [1.807, 2.05) is 13.8 Å². The summed E-state index contributed by atoms with van der Waals surface area (Å²) in [6, 6.07) is 4.09. The average Bonchev–Trinajstić information content (AvgIpc) is 3.13. The van der Waals surface area contributed by atoms with Crippen LogP contribution in [0.3, 0.4) is 0 Å². The zero-order chi connectivity index (χ0) is 21.0. The van der Waals surface area contributed by atoms with E-state index in [-0.39, 0.29) is 17.7 Å². The monoisotopic (exact) mass is 421 g/mol. The van der Waals surface area contributed by atoms with Crippen LogP contribution in [-0.4, -0.2) is 56.4 Å². The van der Waals surface area contributed by atoms with Crippen molar-refractivity contribution in [2.45, 2.75) is 26.1 Å². The van der Waals surface area contributed by atoms with Crippen molar-refractivity contribution in [1.29, 1.82) is 0 Å². The minimum atomic E-state index is -1.05. The molecule has 0 aliphatic heterocycles. The van der Waals surface area contributed by atoms with E-state index in [0.717, 1.165) is 11.3 Å². The molecule has 3 rings (SSSR count). The number of carbonyl (C=O) groups is 1. The molecule has 29 heavy (non-hydrogen) atoms. The fraction of sp³-hybridized carbons (Fsp3) is 0.333. The average molecular weight is 421 g/mol. The van der Waals surface area contributed by atoms with Gasteiger partial charge < -0.3 is 25.6 Å². The molecule has 3 aromatic rings. The fourth-order valence-corrected chi connectivity index (χ4v) is 3.20. The van der Waals surface area contributed by atoms with Gasteiger partial charge in [-0.2, -0.15) is 0 Å². The van der Waals surface area contributed by atoms with Crippen molar-refractivity contribution < 1.29 is 24.1 Å². The molecule has 0 bridgehead atoms. The number of anilines is 2. The predicted octanol–water partition coefficient (Wildman–Crippen LogP) is 1.84. The first-order valence-corrected chi connectivity index (χ1v) is 9.61. The van der Waals surface area contributed by atoms with E-state index in [9.17, 15) is 14.3 Å². The standard InChI is InChI=1S/C18H20FN5O4S/c1-9(2)28-13-5-10(19)3-4-12(13)23-15-14-17(22-8-21-15)29-18(24-14)16(27)20-6-11(26)7-25/h3-5,8-9,11,25-26H,6-7H2,1-2H3,(H,20,27)(H,21,22,23). The second kappa shape index (κ2) is 9.07. The normalized spacial score (nSPS) is 12.2. The van der Waals surface area contributed by atoms with Gasteiger partial charge in [0.05, 0.1) is 24.5 Å². The van der Waals surface area contributed by atoms with Crippen LogP contribution in [0.1, 0.15) is 23.6 Å². The minimum Gasteiger partial charge on any atom is -0.489 e. The van der Waals surface area contributed by atoms with Crippen LogP contribution in [0.5, 0.6) is 5.75 Å². The van der Waals surface area contributed by atoms with Crippen LogP contribution in [0.2, 0.25) is 0 Å². The molecule has 0 saturated heterocycles. The minimum absolute atomic E-state index is 0.104. The molecule has 1 unspecified atom stereocenters. The van der Waals surface area contributed by atoms with Gasteiger partial charge in [0, 0.05) is 12.6 Å². The Morgan fingerprint density at radius 3 is 2.86 bits per heavy atom. The van der Waals surface area contributed by atoms with Gasteiger partial charge in [0.25, 0.3) is 5.91 Å². The first kappa shape index (κ1) is 20.8. The molecular weight excluding hydrogens is 401 g/mol. The summed E-state index contributed by atoms with van der Waals surface area (Å²) in [6.07, 6.45) is 0.113. The van der Waals surface area contributed by atoms with E-state index in [1.54, 1.807) is 0 Å². The van der Waals surface area contributed by atoms with Gasteiger partial charge in [0.2, 0.25) is 0 Å². The number of ether oxygens (including phenoxy) is 1. The quantitative estimate of drug-likeness (QED) is 0.434. The maximum Gasteiger partial charge on any atom is 0.280 e. The highest BCUT2D eigenvalue weighted by Gasteiger charge is 2.18. The number of aliphatic hydroxyl groups is 2. The lowest BCUT2D eigenvalue weighted by Gasteiger charge is -2.15. The Bertz CT molecular complexity index is 1010. The van der Waals surface area contributed by atoms with Crippen molar-refractivity contribution in [3.63, 3.8) is 0 Å². The number of amides is 1. The Morgan fingerprint density at radius 2 is 2.14 bits per heavy atom. The van der Waals surface area contributed by atoms with Crippen LogP contribution in [-0.2, 0) is 0 Å². The molecule has 0 radical (unpaired) electrons. The number of aliphatic hydroxyl groups excluding tert-OH is 2. The molecule has 0 aliphatic carbocycles. The van der Waals surface area contributed by atoms with Gasteiger partial charge in [-0.25, -0.2) is 19.3 Å². The van der Waals surface area contributed by atoms with Crippen molar-refractivity contribution in [2.75, 3.05) is 18.5 Å². The van der Waals surface area contributed by atoms with Crippen molar-refractivity contribution in [3.8, 4) is 5.75 Å². The van der Waals surface area contributed by atoms with Gasteiger partial charge in [-0.15, -0.1) is 0 Å². The Morgan fingerprint density at radius 1 is 1.34 bits per heavy atom. The number of hydrogen-bond donors (Lipinski definition) is 4. The summed E-state index contributed by atoms with van der Waals surface area (Å²) in [7, 11) is 0. The lowest BCUT2D eigenvalue weighted by molar-refractivity contribution is 0.0802. The zero-order valence-electron chi connectivity index (χ0n) is 15.7. The van der Waals surface area contributed by atoms with E-state index in [1.165, 1.54) is 24.5 Å². The maximum absolute atomic E-state index is 13.6. The number of aromatic nitrogens is 3. The number of hydrogen-bond acceptors (Lipinski definition) is 9. The molecular formula is C18H20FN5O4S. The number of fused-ring (bicyclic) bond motifs is 1. The number of nitrogens with zero attached hydrogens (tertiary/aromatic N) is 3. The lowest BCUT2D eigenvalue weighted by Crippen LogP contribution is -2.33. The molecule has 0 fully saturated rings. The highest BCUT2D eigenvalue weighted by atomic mass is 32.1. The molecule has 2 heterocycles. The van der Waals surface area contributed by atoms with Crippen LogP contribution < -0.4 is 15.4 Å². The smallest absolute Gasteiger partial charge is 0.280 e. The third-order valence-electron chi connectivity index (χ3n) is 3.66. The Kier molecular flexibility index (Phi) is 6.52. The summed E-state index contributed by atoms with van der Waals surface area (Å²) < 4.78 is 19.3. The molecule has 154 valence electrons. The molecule has 1 amide bonds. The summed E-state index contributed by atoms with van der Waals surface area (Å²) in [4.78, 5) is 25.3. The van der Waals surface area contributed by atoms with Crippen LogP contribution >= 0.6 is 11.3 Å². The Labute approximate surface area is 169 Å². The lowest BCUT2D eigenvalue weighted by atomic mass is 10.2. The van der Waals surface area contributed by atoms with Crippen molar-refractivity contribution in [3.05, 3.63) is 35.4 Å². The van der Waals surface area contributed by atoms with Gasteiger partial charge >= 0.3 is 0 Å². The third-order valence-corrected chi connectivity index (χ3v) is 4.62. The van der Waals surface area contributed by atoms with Crippen molar-refractivity contribution in [2.24, 2.45) is 0 Å². The van der Waals surface area contributed by atoms with Crippen molar-refractivity contribution in [1.82, 2.24) is 20.3 Å². The molecule has 0 aliphatic rings. The van der Waals surface area contributed by atoms with Crippen LogP contribution in [0.25, 0.3) is 10.3 Å². The van der Waals surface area contributed by atoms with Gasteiger partial charge in [-0.3, -0.25) is 4.79 Å². The van der Waals surface area contributed by atoms with E-state index in [0.29, 0.717) is 27.6 Å². The van der Waals surface area contributed by atoms with Gasteiger partial charge in [0.1, 0.15) is 28.2 Å². The highest BCUT2D eigenvalue weighted by Crippen LogP contribution is 2.32. The summed E-state index contributed by atoms with van der Waals surface area (Å²) >= 11 is 1.06. The zero-order valence-corrected chi connectivity index (χ0v) is 16.5. The second-order valence-electron chi connectivity index (χ2n) is 6.37. The number of benzene rings is 1. The summed E-state index contributed by atoms with van der Waals surface area (Å²) in [6.45, 7) is 3.10. The number of thiazole rings is 1.